The fourth-order valence-corrected chi connectivity index (χ4v) is 1.82. The van der Waals surface area contributed by atoms with Gasteiger partial charge in [0.2, 0.25) is 5.91 Å². The van der Waals surface area contributed by atoms with Gasteiger partial charge in [-0.2, -0.15) is 0 Å². The van der Waals surface area contributed by atoms with Crippen LogP contribution in [0.25, 0.3) is 0 Å². The Morgan fingerprint density at radius 3 is 2.73 bits per heavy atom. The molecule has 0 saturated carbocycles. The van der Waals surface area contributed by atoms with E-state index in [2.05, 4.69) is 5.32 Å². The fraction of sp³-hybridized carbons (Fsp3) is 0.800. The molecule has 1 saturated heterocycles. The first-order chi connectivity index (χ1) is 7.13. The van der Waals surface area contributed by atoms with E-state index in [9.17, 15) is 9.59 Å². The third-order valence-corrected chi connectivity index (χ3v) is 2.70. The summed E-state index contributed by atoms with van der Waals surface area (Å²) in [7, 11) is 0. The van der Waals surface area contributed by atoms with Crippen molar-refractivity contribution in [2.45, 2.75) is 38.1 Å². The van der Waals surface area contributed by atoms with Crippen molar-refractivity contribution in [1.82, 2.24) is 5.32 Å². The molecule has 1 unspecified atom stereocenters. The Hall–Kier alpha value is -1.10. The van der Waals surface area contributed by atoms with Crippen LogP contribution in [0.1, 0.15) is 32.6 Å². The second-order valence-electron chi connectivity index (χ2n) is 3.73. The van der Waals surface area contributed by atoms with Gasteiger partial charge in [0, 0.05) is 0 Å². The highest BCUT2D eigenvalue weighted by Gasteiger charge is 2.45. The molecular weight excluding hydrogens is 196 g/mol. The van der Waals surface area contributed by atoms with Gasteiger partial charge in [-0.05, 0) is 26.3 Å². The number of primary amides is 1. The molecular formula is C10H18N2O3. The molecule has 0 aromatic carbocycles. The third kappa shape index (κ3) is 2.47. The first-order valence-corrected chi connectivity index (χ1v) is 5.35. The Morgan fingerprint density at radius 2 is 2.13 bits per heavy atom. The van der Waals surface area contributed by atoms with Gasteiger partial charge in [-0.25, -0.2) is 4.79 Å². The lowest BCUT2D eigenvalue weighted by Crippen LogP contribution is -2.61. The molecule has 0 spiro atoms. The molecule has 0 aromatic heterocycles. The smallest absolute Gasteiger partial charge is 0.336 e. The summed E-state index contributed by atoms with van der Waals surface area (Å²) in [6.07, 6.45) is 3.20. The van der Waals surface area contributed by atoms with Crippen molar-refractivity contribution in [2.24, 2.45) is 5.73 Å². The quantitative estimate of drug-likeness (QED) is 0.509. The molecule has 1 aliphatic rings. The van der Waals surface area contributed by atoms with E-state index in [1.54, 1.807) is 6.92 Å². The molecule has 1 amide bonds. The maximum absolute atomic E-state index is 11.7. The summed E-state index contributed by atoms with van der Waals surface area (Å²) in [6, 6.07) is 0. The predicted molar refractivity (Wildman–Crippen MR) is 55.0 cm³/mol. The molecule has 1 heterocycles. The maximum atomic E-state index is 11.7. The summed E-state index contributed by atoms with van der Waals surface area (Å²) < 4.78 is 4.90. The lowest BCUT2D eigenvalue weighted by atomic mass is 9.93. The average molecular weight is 214 g/mol. The van der Waals surface area contributed by atoms with Crippen molar-refractivity contribution in [3.63, 3.8) is 0 Å². The molecule has 1 aliphatic heterocycles. The zero-order valence-corrected chi connectivity index (χ0v) is 9.04. The van der Waals surface area contributed by atoms with Crippen molar-refractivity contribution in [3.8, 4) is 0 Å². The molecule has 15 heavy (non-hydrogen) atoms. The van der Waals surface area contributed by atoms with E-state index < -0.39 is 17.4 Å². The highest BCUT2D eigenvalue weighted by Crippen LogP contribution is 2.20. The number of amides is 1. The number of hydrogen-bond donors (Lipinski definition) is 2. The highest BCUT2D eigenvalue weighted by molar-refractivity contribution is 6.06. The van der Waals surface area contributed by atoms with Gasteiger partial charge in [0.1, 0.15) is 0 Å². The molecule has 0 bridgehead atoms. The number of hydrogen-bond acceptors (Lipinski definition) is 4. The highest BCUT2D eigenvalue weighted by atomic mass is 16.5. The minimum Gasteiger partial charge on any atom is -0.464 e. The number of esters is 1. The van der Waals surface area contributed by atoms with Gasteiger partial charge in [-0.15, -0.1) is 0 Å². The number of ether oxygens (including phenoxy) is 1. The average Bonchev–Trinajstić information content (AvgIpc) is 2.43. The maximum Gasteiger partial charge on any atom is 0.336 e. The fourth-order valence-electron chi connectivity index (χ4n) is 1.82. The van der Waals surface area contributed by atoms with E-state index in [4.69, 9.17) is 10.5 Å². The van der Waals surface area contributed by atoms with E-state index in [-0.39, 0.29) is 6.61 Å². The van der Waals surface area contributed by atoms with Gasteiger partial charge >= 0.3 is 5.97 Å². The van der Waals surface area contributed by atoms with Crippen LogP contribution < -0.4 is 11.1 Å². The summed E-state index contributed by atoms with van der Waals surface area (Å²) in [5.74, 6) is -1.18. The van der Waals surface area contributed by atoms with Crippen LogP contribution in [0.15, 0.2) is 0 Å². The van der Waals surface area contributed by atoms with Crippen molar-refractivity contribution in [1.29, 1.82) is 0 Å². The summed E-state index contributed by atoms with van der Waals surface area (Å²) in [6.45, 7) is 2.60. The van der Waals surface area contributed by atoms with Crippen molar-refractivity contribution in [2.75, 3.05) is 13.2 Å². The Labute approximate surface area is 89.3 Å². The second kappa shape index (κ2) is 5.11. The molecule has 5 nitrogen and oxygen atoms in total. The molecule has 0 radical (unpaired) electrons. The van der Waals surface area contributed by atoms with Crippen LogP contribution in [0.2, 0.25) is 0 Å². The molecule has 0 aromatic rings. The predicted octanol–water partition coefficient (Wildman–Crippen LogP) is -0.0628. The SMILES string of the molecule is CCOC(=O)C1(C(N)=O)CCCCCN1. The van der Waals surface area contributed by atoms with E-state index in [0.717, 1.165) is 19.3 Å². The second-order valence-corrected chi connectivity index (χ2v) is 3.73. The summed E-state index contributed by atoms with van der Waals surface area (Å²) in [5.41, 5.74) is 4.00. The zero-order chi connectivity index (χ0) is 11.3. The topological polar surface area (TPSA) is 81.4 Å². The largest absolute Gasteiger partial charge is 0.464 e. The van der Waals surface area contributed by atoms with E-state index in [0.29, 0.717) is 13.0 Å². The molecule has 1 rings (SSSR count). The monoisotopic (exact) mass is 214 g/mol. The van der Waals surface area contributed by atoms with Crippen LogP contribution >= 0.6 is 0 Å². The number of rotatable bonds is 3. The number of nitrogens with one attached hydrogen (secondary N) is 1. The van der Waals surface area contributed by atoms with Crippen LogP contribution in [0.3, 0.4) is 0 Å². The summed E-state index contributed by atoms with van der Waals surface area (Å²) >= 11 is 0. The Kier molecular flexibility index (Phi) is 4.08. The summed E-state index contributed by atoms with van der Waals surface area (Å²) in [5, 5.41) is 2.93. The number of nitrogens with two attached hydrogens (primary N) is 1. The zero-order valence-electron chi connectivity index (χ0n) is 9.04. The summed E-state index contributed by atoms with van der Waals surface area (Å²) in [4.78, 5) is 23.1. The first-order valence-electron chi connectivity index (χ1n) is 5.35. The van der Waals surface area contributed by atoms with Crippen LogP contribution in [0.5, 0.6) is 0 Å². The molecule has 86 valence electrons. The van der Waals surface area contributed by atoms with Crippen LogP contribution in [-0.4, -0.2) is 30.6 Å². The van der Waals surface area contributed by atoms with E-state index >= 15 is 0 Å². The molecule has 0 aliphatic carbocycles. The number of carbonyl (C=O) groups excluding carboxylic acids is 2. The number of carbonyl (C=O) groups is 2. The molecule has 3 N–H and O–H groups in total. The van der Waals surface area contributed by atoms with Gasteiger partial charge in [-0.1, -0.05) is 12.8 Å². The van der Waals surface area contributed by atoms with Crippen LogP contribution in [-0.2, 0) is 14.3 Å². The van der Waals surface area contributed by atoms with Crippen molar-refractivity contribution in [3.05, 3.63) is 0 Å². The van der Waals surface area contributed by atoms with Crippen LogP contribution in [0, 0.1) is 0 Å². The lowest BCUT2D eigenvalue weighted by Gasteiger charge is -2.27. The van der Waals surface area contributed by atoms with Gasteiger partial charge in [-0.3, -0.25) is 10.1 Å². The normalized spacial score (nSPS) is 26.7. The Balaban J connectivity index is 2.84. The van der Waals surface area contributed by atoms with Gasteiger partial charge in [0.25, 0.3) is 0 Å². The minimum absolute atomic E-state index is 0.259. The van der Waals surface area contributed by atoms with Crippen molar-refractivity contribution >= 4 is 11.9 Å². The molecule has 5 heteroatoms. The van der Waals surface area contributed by atoms with Crippen molar-refractivity contribution < 1.29 is 14.3 Å². The van der Waals surface area contributed by atoms with Gasteiger partial charge in [0.15, 0.2) is 5.54 Å². The van der Waals surface area contributed by atoms with E-state index in [1.807, 2.05) is 0 Å². The Bertz CT molecular complexity index is 245. The van der Waals surface area contributed by atoms with E-state index in [1.165, 1.54) is 0 Å². The third-order valence-electron chi connectivity index (χ3n) is 2.70. The lowest BCUT2D eigenvalue weighted by molar-refractivity contribution is -0.155. The minimum atomic E-state index is -1.30. The first kappa shape index (κ1) is 12.0. The van der Waals surface area contributed by atoms with Gasteiger partial charge in [0.05, 0.1) is 6.61 Å². The molecule has 1 fully saturated rings. The standard InChI is InChI=1S/C10H18N2O3/c1-2-15-9(14)10(8(11)13)6-4-3-5-7-12-10/h12H,2-7H2,1H3,(H2,11,13). The van der Waals surface area contributed by atoms with Gasteiger partial charge < -0.3 is 10.5 Å². The van der Waals surface area contributed by atoms with Crippen LogP contribution in [0.4, 0.5) is 0 Å². The molecule has 1 atom stereocenters. The Morgan fingerprint density at radius 1 is 1.40 bits per heavy atom.